The van der Waals surface area contributed by atoms with Crippen molar-refractivity contribution in [2.75, 3.05) is 25.0 Å². The van der Waals surface area contributed by atoms with Gasteiger partial charge in [0.1, 0.15) is 5.60 Å². The fourth-order valence-corrected chi connectivity index (χ4v) is 5.77. The molecule has 23 heavy (non-hydrogen) atoms. The second-order valence-electron chi connectivity index (χ2n) is 7.83. The summed E-state index contributed by atoms with van der Waals surface area (Å²) in [6.07, 6.45) is 4.39. The van der Waals surface area contributed by atoms with Crippen molar-refractivity contribution >= 4 is 5.69 Å². The second-order valence-corrected chi connectivity index (χ2v) is 7.83. The van der Waals surface area contributed by atoms with Gasteiger partial charge in [0.05, 0.1) is 12.6 Å². The number of ether oxygens (including phenoxy) is 1. The molecule has 0 spiro atoms. The summed E-state index contributed by atoms with van der Waals surface area (Å²) in [4.78, 5) is 2.59. The molecular weight excluding hydrogens is 288 g/mol. The van der Waals surface area contributed by atoms with Gasteiger partial charge in [0.25, 0.3) is 0 Å². The number of rotatable bonds is 2. The van der Waals surface area contributed by atoms with Gasteiger partial charge in [-0.1, -0.05) is 31.5 Å². The summed E-state index contributed by atoms with van der Waals surface area (Å²) in [6, 6.07) is 8.45. The maximum atomic E-state index is 11.6. The van der Waals surface area contributed by atoms with Gasteiger partial charge in [-0.05, 0) is 37.3 Å². The molecule has 4 saturated heterocycles. The highest BCUT2D eigenvalue weighted by molar-refractivity contribution is 5.63. The third-order valence-corrected chi connectivity index (χ3v) is 6.98. The number of nitrogens with zero attached hydrogens (tertiary/aromatic N) is 1. The van der Waals surface area contributed by atoms with Gasteiger partial charge < -0.3 is 15.2 Å². The molecule has 0 radical (unpaired) electrons. The van der Waals surface area contributed by atoms with Crippen molar-refractivity contribution in [3.8, 4) is 0 Å². The minimum absolute atomic E-state index is 0.268. The molecule has 0 aliphatic carbocycles. The Hall–Kier alpha value is -1.10. The van der Waals surface area contributed by atoms with Gasteiger partial charge in [0.15, 0.2) is 5.72 Å². The first-order valence-corrected chi connectivity index (χ1v) is 9.16. The second kappa shape index (κ2) is 4.71. The van der Waals surface area contributed by atoms with Crippen LogP contribution in [0.3, 0.4) is 0 Å². The number of hydrogen-bond acceptors (Lipinski definition) is 4. The average Bonchev–Trinajstić information content (AvgIpc) is 3.05. The summed E-state index contributed by atoms with van der Waals surface area (Å²) in [5.41, 5.74) is 0.512. The quantitative estimate of drug-likeness (QED) is 0.880. The summed E-state index contributed by atoms with van der Waals surface area (Å²) >= 11 is 0. The van der Waals surface area contributed by atoms with E-state index in [-0.39, 0.29) is 6.04 Å². The zero-order valence-corrected chi connectivity index (χ0v) is 13.8. The molecule has 5 aliphatic heterocycles. The van der Waals surface area contributed by atoms with Gasteiger partial charge in [-0.3, -0.25) is 4.90 Å². The van der Waals surface area contributed by atoms with Gasteiger partial charge in [0.2, 0.25) is 0 Å². The van der Waals surface area contributed by atoms with Crippen LogP contribution in [0, 0.1) is 11.8 Å². The number of fused-ring (bicyclic) bond motifs is 7. The number of hydrogen-bond donors (Lipinski definition) is 2. The first-order valence-electron chi connectivity index (χ1n) is 9.16. The highest BCUT2D eigenvalue weighted by atomic mass is 16.5. The fraction of sp³-hybridized carbons (Fsp3) is 0.684. The Morgan fingerprint density at radius 2 is 2.26 bits per heavy atom. The van der Waals surface area contributed by atoms with E-state index in [1.165, 1.54) is 12.8 Å². The number of nitrogens with one attached hydrogen (secondary N) is 1. The van der Waals surface area contributed by atoms with E-state index < -0.39 is 11.3 Å². The van der Waals surface area contributed by atoms with Crippen LogP contribution >= 0.6 is 0 Å². The van der Waals surface area contributed by atoms with Gasteiger partial charge >= 0.3 is 0 Å². The predicted octanol–water partition coefficient (Wildman–Crippen LogP) is 2.54. The molecule has 5 heterocycles. The fourth-order valence-electron chi connectivity index (χ4n) is 5.77. The standard InChI is InChI=1S/C19H26N2O2/c1-2-13-12-21-9-7-14(13)11-17(21)19-18(22,8-10-23-19)15-5-3-4-6-16(15)20-19/h3-6,13-14,17,20,22H,2,7-12H2,1H3/t13-,14-,17-,18+,19-/m0/s1. The smallest absolute Gasteiger partial charge is 0.187 e. The normalized spacial score (nSPS) is 47.2. The van der Waals surface area contributed by atoms with Gasteiger partial charge in [-0.25, -0.2) is 0 Å². The van der Waals surface area contributed by atoms with Gasteiger partial charge in [-0.15, -0.1) is 0 Å². The van der Waals surface area contributed by atoms with E-state index in [0.717, 1.165) is 42.6 Å². The lowest BCUT2D eigenvalue weighted by Gasteiger charge is -2.56. The molecular formula is C19H26N2O2. The Kier molecular flexibility index (Phi) is 2.92. The number of piperidine rings is 3. The van der Waals surface area contributed by atoms with Gasteiger partial charge in [-0.2, -0.15) is 0 Å². The molecule has 5 aliphatic rings. The highest BCUT2D eigenvalue weighted by Gasteiger charge is 2.67. The molecule has 2 bridgehead atoms. The topological polar surface area (TPSA) is 44.7 Å². The van der Waals surface area contributed by atoms with Crippen molar-refractivity contribution in [1.82, 2.24) is 4.90 Å². The molecule has 1 aromatic rings. The van der Waals surface area contributed by atoms with Crippen LogP contribution in [0.5, 0.6) is 0 Å². The molecule has 0 amide bonds. The van der Waals surface area contributed by atoms with Crippen LogP contribution < -0.4 is 5.32 Å². The van der Waals surface area contributed by atoms with Crippen molar-refractivity contribution in [2.24, 2.45) is 11.8 Å². The Morgan fingerprint density at radius 3 is 3.04 bits per heavy atom. The molecule has 4 fully saturated rings. The largest absolute Gasteiger partial charge is 0.380 e. The molecule has 2 N–H and O–H groups in total. The van der Waals surface area contributed by atoms with Crippen molar-refractivity contribution in [3.63, 3.8) is 0 Å². The molecule has 1 aromatic carbocycles. The summed E-state index contributed by atoms with van der Waals surface area (Å²) in [6.45, 7) is 5.24. The average molecular weight is 314 g/mol. The third kappa shape index (κ3) is 1.67. The predicted molar refractivity (Wildman–Crippen MR) is 89.1 cm³/mol. The maximum absolute atomic E-state index is 11.6. The minimum Gasteiger partial charge on any atom is -0.380 e. The van der Waals surface area contributed by atoms with Crippen molar-refractivity contribution in [3.05, 3.63) is 29.8 Å². The number of benzene rings is 1. The van der Waals surface area contributed by atoms with Crippen LogP contribution in [0.1, 0.15) is 38.2 Å². The van der Waals surface area contributed by atoms with Crippen LogP contribution in [-0.4, -0.2) is 41.5 Å². The molecule has 0 aromatic heterocycles. The minimum atomic E-state index is -0.895. The lowest BCUT2D eigenvalue weighted by Crippen LogP contribution is -2.68. The summed E-state index contributed by atoms with van der Waals surface area (Å²) in [7, 11) is 0. The Labute approximate surface area is 137 Å². The Bertz CT molecular complexity index is 636. The highest BCUT2D eigenvalue weighted by Crippen LogP contribution is 2.57. The van der Waals surface area contributed by atoms with E-state index >= 15 is 0 Å². The molecule has 4 nitrogen and oxygen atoms in total. The lowest BCUT2D eigenvalue weighted by molar-refractivity contribution is -0.172. The first-order chi connectivity index (χ1) is 11.2. The van der Waals surface area contributed by atoms with Gasteiger partial charge in [0, 0.05) is 24.2 Å². The molecule has 124 valence electrons. The molecule has 1 unspecified atom stereocenters. The number of aliphatic hydroxyl groups is 1. The lowest BCUT2D eigenvalue weighted by atomic mass is 9.69. The van der Waals surface area contributed by atoms with E-state index in [1.54, 1.807) is 0 Å². The molecule has 4 heteroatoms. The number of anilines is 1. The van der Waals surface area contributed by atoms with E-state index in [9.17, 15) is 5.11 Å². The number of para-hydroxylation sites is 1. The Balaban J connectivity index is 1.56. The third-order valence-electron chi connectivity index (χ3n) is 6.98. The SMILES string of the molecule is CC[C@H]1CN2CC[C@H]1C[C@H]2[C@@]12Nc3ccccc3[C@]1(O)CCO2. The molecule has 6 atom stereocenters. The van der Waals surface area contributed by atoms with E-state index in [0.29, 0.717) is 13.0 Å². The molecule has 0 saturated carbocycles. The monoisotopic (exact) mass is 314 g/mol. The van der Waals surface area contributed by atoms with Crippen LogP contribution in [0.15, 0.2) is 24.3 Å². The zero-order chi connectivity index (χ0) is 15.7. The first kappa shape index (κ1) is 14.3. The summed E-state index contributed by atoms with van der Waals surface area (Å²) in [5, 5.41) is 15.2. The summed E-state index contributed by atoms with van der Waals surface area (Å²) in [5.74, 6) is 1.60. The summed E-state index contributed by atoms with van der Waals surface area (Å²) < 4.78 is 6.31. The Morgan fingerprint density at radius 1 is 1.39 bits per heavy atom. The van der Waals surface area contributed by atoms with E-state index in [1.807, 2.05) is 12.1 Å². The van der Waals surface area contributed by atoms with E-state index in [4.69, 9.17) is 4.74 Å². The van der Waals surface area contributed by atoms with Crippen LogP contribution in [0.4, 0.5) is 5.69 Å². The van der Waals surface area contributed by atoms with Crippen LogP contribution in [-0.2, 0) is 10.3 Å². The van der Waals surface area contributed by atoms with Crippen molar-refractivity contribution < 1.29 is 9.84 Å². The van der Waals surface area contributed by atoms with Crippen LogP contribution in [0.2, 0.25) is 0 Å². The van der Waals surface area contributed by atoms with Crippen molar-refractivity contribution in [2.45, 2.75) is 50.0 Å². The maximum Gasteiger partial charge on any atom is 0.187 e. The van der Waals surface area contributed by atoms with Crippen LogP contribution in [0.25, 0.3) is 0 Å². The van der Waals surface area contributed by atoms with Crippen molar-refractivity contribution in [1.29, 1.82) is 0 Å². The van der Waals surface area contributed by atoms with E-state index in [2.05, 4.69) is 29.3 Å². The zero-order valence-electron chi connectivity index (χ0n) is 13.8. The molecule has 6 rings (SSSR count).